The maximum absolute atomic E-state index is 13.4. The van der Waals surface area contributed by atoms with E-state index in [1.165, 1.54) is 11.1 Å². The van der Waals surface area contributed by atoms with Crippen molar-refractivity contribution in [3.63, 3.8) is 0 Å². The van der Waals surface area contributed by atoms with Crippen LogP contribution in [0.3, 0.4) is 0 Å². The Morgan fingerprint density at radius 3 is 3.00 bits per heavy atom. The second-order valence-electron chi connectivity index (χ2n) is 4.35. The van der Waals surface area contributed by atoms with Crippen molar-refractivity contribution in [2.24, 2.45) is 5.73 Å². The van der Waals surface area contributed by atoms with Crippen LogP contribution in [-0.2, 0) is 0 Å². The molecule has 18 heavy (non-hydrogen) atoms. The van der Waals surface area contributed by atoms with Crippen LogP contribution < -0.4 is 10.6 Å². The fourth-order valence-electron chi connectivity index (χ4n) is 2.08. The highest BCUT2D eigenvalue weighted by atomic mass is 35.5. The number of hydrogen-bond acceptors (Lipinski definition) is 4. The molecule has 8 heteroatoms. The van der Waals surface area contributed by atoms with Gasteiger partial charge in [0.2, 0.25) is 0 Å². The summed E-state index contributed by atoms with van der Waals surface area (Å²) in [4.78, 5) is 5.38. The number of anilines is 1. The third kappa shape index (κ3) is 1.70. The number of aromatic amines is 1. The van der Waals surface area contributed by atoms with Crippen molar-refractivity contribution in [1.82, 2.24) is 15.2 Å². The molecular formula is C10H10ClF2N5. The molecule has 2 aromatic heterocycles. The lowest BCUT2D eigenvalue weighted by molar-refractivity contribution is 0.00964. The molecule has 1 fully saturated rings. The Morgan fingerprint density at radius 2 is 2.33 bits per heavy atom. The first kappa shape index (κ1) is 11.6. The molecule has 1 saturated heterocycles. The highest BCUT2D eigenvalue weighted by Gasteiger charge is 2.46. The molecule has 2 aromatic rings. The van der Waals surface area contributed by atoms with Crippen LogP contribution in [0, 0.1) is 0 Å². The van der Waals surface area contributed by atoms with E-state index in [2.05, 4.69) is 15.2 Å². The van der Waals surface area contributed by atoms with Crippen molar-refractivity contribution < 1.29 is 8.78 Å². The Morgan fingerprint density at radius 1 is 1.56 bits per heavy atom. The summed E-state index contributed by atoms with van der Waals surface area (Å²) in [5.41, 5.74) is 6.07. The van der Waals surface area contributed by atoms with Crippen LogP contribution in [0.25, 0.3) is 10.9 Å². The van der Waals surface area contributed by atoms with Gasteiger partial charge in [-0.3, -0.25) is 5.10 Å². The van der Waals surface area contributed by atoms with Crippen LogP contribution in [0.4, 0.5) is 14.6 Å². The fraction of sp³-hybridized carbons (Fsp3) is 0.400. The van der Waals surface area contributed by atoms with Crippen LogP contribution >= 0.6 is 11.6 Å². The smallest absolute Gasteiger partial charge is 0.281 e. The lowest BCUT2D eigenvalue weighted by Crippen LogP contribution is -2.38. The topological polar surface area (TPSA) is 70.8 Å². The highest BCUT2D eigenvalue weighted by molar-refractivity contribution is 6.30. The van der Waals surface area contributed by atoms with E-state index < -0.39 is 18.5 Å². The van der Waals surface area contributed by atoms with Gasteiger partial charge in [-0.05, 0) is 0 Å². The van der Waals surface area contributed by atoms with E-state index in [1.807, 2.05) is 0 Å². The van der Waals surface area contributed by atoms with E-state index in [0.717, 1.165) is 0 Å². The number of H-pyrrole nitrogens is 1. The standard InChI is InChI=1S/C10H10ClF2N5/c11-8-1-6-5(2-15-8)9(17-16-6)18-3-7(14)10(12,13)4-18/h1-2,7H,3-4,14H2,(H,16,17). The van der Waals surface area contributed by atoms with Gasteiger partial charge in [0, 0.05) is 18.8 Å². The van der Waals surface area contributed by atoms with Crippen molar-refractivity contribution in [3.05, 3.63) is 17.4 Å². The van der Waals surface area contributed by atoms with Crippen molar-refractivity contribution in [3.8, 4) is 0 Å². The van der Waals surface area contributed by atoms with Crippen LogP contribution in [0.2, 0.25) is 5.15 Å². The molecule has 0 spiro atoms. The maximum Gasteiger partial charge on any atom is 0.281 e. The minimum atomic E-state index is -2.90. The van der Waals surface area contributed by atoms with Gasteiger partial charge >= 0.3 is 0 Å². The first-order valence-corrected chi connectivity index (χ1v) is 5.73. The van der Waals surface area contributed by atoms with Crippen LogP contribution in [-0.4, -0.2) is 40.2 Å². The van der Waals surface area contributed by atoms with Gasteiger partial charge in [0.25, 0.3) is 5.92 Å². The lowest BCUT2D eigenvalue weighted by atomic mass is 10.2. The Hall–Kier alpha value is -1.47. The van der Waals surface area contributed by atoms with Gasteiger partial charge < -0.3 is 10.6 Å². The summed E-state index contributed by atoms with van der Waals surface area (Å²) in [5, 5.41) is 7.76. The molecule has 5 nitrogen and oxygen atoms in total. The first-order chi connectivity index (χ1) is 8.47. The van der Waals surface area contributed by atoms with Gasteiger partial charge in [-0.25, -0.2) is 13.8 Å². The van der Waals surface area contributed by atoms with Crippen molar-refractivity contribution in [2.75, 3.05) is 18.0 Å². The number of alkyl halides is 2. The number of fused-ring (bicyclic) bond motifs is 1. The average Bonchev–Trinajstić information content (AvgIpc) is 2.80. The Kier molecular flexibility index (Phi) is 2.43. The molecule has 3 heterocycles. The summed E-state index contributed by atoms with van der Waals surface area (Å²) in [6, 6.07) is 0.422. The van der Waals surface area contributed by atoms with Crippen molar-refractivity contribution in [1.29, 1.82) is 0 Å². The number of pyridine rings is 1. The summed E-state index contributed by atoms with van der Waals surface area (Å²) < 4.78 is 26.8. The van der Waals surface area contributed by atoms with Gasteiger partial charge in [0.1, 0.15) is 5.15 Å². The Labute approximate surface area is 106 Å². The van der Waals surface area contributed by atoms with E-state index in [1.54, 1.807) is 6.07 Å². The van der Waals surface area contributed by atoms with Crippen LogP contribution in [0.1, 0.15) is 0 Å². The molecule has 1 unspecified atom stereocenters. The summed E-state index contributed by atoms with van der Waals surface area (Å²) in [6.45, 7) is -0.369. The molecule has 1 aliphatic heterocycles. The zero-order chi connectivity index (χ0) is 12.9. The highest BCUT2D eigenvalue weighted by Crippen LogP contribution is 2.32. The van der Waals surface area contributed by atoms with Gasteiger partial charge in [-0.15, -0.1) is 0 Å². The summed E-state index contributed by atoms with van der Waals surface area (Å²) >= 11 is 5.74. The molecule has 0 amide bonds. The molecule has 96 valence electrons. The van der Waals surface area contributed by atoms with E-state index in [-0.39, 0.29) is 6.54 Å². The monoisotopic (exact) mass is 273 g/mol. The third-order valence-corrected chi connectivity index (χ3v) is 3.26. The lowest BCUT2D eigenvalue weighted by Gasteiger charge is -2.14. The molecule has 1 atom stereocenters. The van der Waals surface area contributed by atoms with Crippen LogP contribution in [0.15, 0.2) is 12.3 Å². The molecule has 0 aromatic carbocycles. The van der Waals surface area contributed by atoms with E-state index >= 15 is 0 Å². The molecular weight excluding hydrogens is 264 g/mol. The van der Waals surface area contributed by atoms with E-state index in [0.29, 0.717) is 21.9 Å². The molecule has 0 aliphatic carbocycles. The largest absolute Gasteiger partial charge is 0.347 e. The summed E-state index contributed by atoms with van der Waals surface area (Å²) in [6.07, 6.45) is 1.51. The molecule has 0 bridgehead atoms. The fourth-order valence-corrected chi connectivity index (χ4v) is 2.24. The Bertz CT molecular complexity index is 599. The number of rotatable bonds is 1. The number of nitrogens with one attached hydrogen (secondary N) is 1. The predicted octanol–water partition coefficient (Wildman–Crippen LogP) is 1.39. The first-order valence-electron chi connectivity index (χ1n) is 5.35. The van der Waals surface area contributed by atoms with E-state index in [9.17, 15) is 8.78 Å². The van der Waals surface area contributed by atoms with Gasteiger partial charge in [0.05, 0.1) is 23.5 Å². The van der Waals surface area contributed by atoms with Crippen molar-refractivity contribution in [2.45, 2.75) is 12.0 Å². The minimum absolute atomic E-state index is 0.0651. The summed E-state index contributed by atoms with van der Waals surface area (Å²) in [7, 11) is 0. The number of halogens is 3. The maximum atomic E-state index is 13.4. The Balaban J connectivity index is 2.01. The number of nitrogens with zero attached hydrogens (tertiary/aromatic N) is 3. The van der Waals surface area contributed by atoms with E-state index in [4.69, 9.17) is 17.3 Å². The van der Waals surface area contributed by atoms with Crippen LogP contribution in [0.5, 0.6) is 0 Å². The summed E-state index contributed by atoms with van der Waals surface area (Å²) in [5.74, 6) is -2.47. The zero-order valence-corrected chi connectivity index (χ0v) is 9.96. The second kappa shape index (κ2) is 3.76. The predicted molar refractivity (Wildman–Crippen MR) is 64.0 cm³/mol. The van der Waals surface area contributed by atoms with Gasteiger partial charge in [-0.1, -0.05) is 11.6 Å². The molecule has 3 rings (SSSR count). The number of nitrogens with two attached hydrogens (primary N) is 1. The molecule has 1 aliphatic rings. The number of hydrogen-bond donors (Lipinski definition) is 2. The average molecular weight is 274 g/mol. The number of aromatic nitrogens is 3. The quantitative estimate of drug-likeness (QED) is 0.771. The zero-order valence-electron chi connectivity index (χ0n) is 9.20. The van der Waals surface area contributed by atoms with Crippen molar-refractivity contribution >= 4 is 28.3 Å². The molecule has 0 saturated carbocycles. The minimum Gasteiger partial charge on any atom is -0.347 e. The molecule has 3 N–H and O–H groups in total. The SMILES string of the molecule is NC1CN(c2n[nH]c3cc(Cl)ncc23)CC1(F)F. The van der Waals surface area contributed by atoms with Gasteiger partial charge in [-0.2, -0.15) is 5.10 Å². The normalized spacial score (nSPS) is 22.9. The van der Waals surface area contributed by atoms with Gasteiger partial charge in [0.15, 0.2) is 5.82 Å². The second-order valence-corrected chi connectivity index (χ2v) is 4.74. The molecule has 0 radical (unpaired) electrons. The third-order valence-electron chi connectivity index (χ3n) is 3.05.